The van der Waals surface area contributed by atoms with E-state index in [1.54, 1.807) is 16.6 Å². The number of hydrogen-bond donors (Lipinski definition) is 2. The number of benzene rings is 2. The van der Waals surface area contributed by atoms with Crippen LogP contribution in [-0.4, -0.2) is 39.0 Å². The van der Waals surface area contributed by atoms with Crippen LogP contribution in [0.4, 0.5) is 0 Å². The van der Waals surface area contributed by atoms with Gasteiger partial charge in [-0.25, -0.2) is 9.31 Å². The maximum absolute atomic E-state index is 13.0. The van der Waals surface area contributed by atoms with Crippen LogP contribution in [0.25, 0.3) is 5.52 Å². The van der Waals surface area contributed by atoms with Gasteiger partial charge in [-0.15, -0.1) is 0 Å². The molecule has 0 aliphatic heterocycles. The second-order valence-electron chi connectivity index (χ2n) is 8.05. The number of nitrogens with zero attached hydrogens (tertiary/aromatic N) is 2. The van der Waals surface area contributed by atoms with E-state index in [9.17, 15) is 19.5 Å². The second kappa shape index (κ2) is 10.7. The molecule has 9 heteroatoms. The number of ketones is 1. The van der Waals surface area contributed by atoms with Crippen molar-refractivity contribution < 1.29 is 29.0 Å². The molecule has 2 aromatic heterocycles. The molecular weight excluding hydrogens is 462 g/mol. The third-order valence-electron chi connectivity index (χ3n) is 5.61. The van der Waals surface area contributed by atoms with Crippen molar-refractivity contribution >= 4 is 23.2 Å². The maximum atomic E-state index is 13.0. The number of fused-ring (bicyclic) bond motifs is 1. The Balaban J connectivity index is 1.93. The van der Waals surface area contributed by atoms with Crippen LogP contribution in [0.3, 0.4) is 0 Å². The summed E-state index contributed by atoms with van der Waals surface area (Å²) in [4.78, 5) is 36.2. The monoisotopic (exact) mass is 487 g/mol. The molecule has 0 aliphatic rings. The summed E-state index contributed by atoms with van der Waals surface area (Å²) in [5.74, 6) is -2.48. The van der Waals surface area contributed by atoms with Gasteiger partial charge in [0.05, 0.1) is 11.3 Å². The largest absolute Gasteiger partial charge is 0.487 e. The number of aliphatic carboxylic acids is 1. The number of hydrogen-bond acceptors (Lipinski definition) is 6. The van der Waals surface area contributed by atoms with E-state index < -0.39 is 24.3 Å². The molecular formula is C27H25N3O6. The second-order valence-corrected chi connectivity index (χ2v) is 8.05. The van der Waals surface area contributed by atoms with Crippen molar-refractivity contribution in [2.75, 3.05) is 6.61 Å². The Morgan fingerprint density at radius 1 is 1.00 bits per heavy atom. The first kappa shape index (κ1) is 24.5. The SMILES string of the molecule is CCc1c(C(=O)C(N)=O)c2c(OCC(=O)O)cc(COc3ccccc3)nn2c1Cc1ccccc1. The highest BCUT2D eigenvalue weighted by atomic mass is 16.5. The Hall–Kier alpha value is -4.66. The maximum Gasteiger partial charge on any atom is 0.341 e. The fourth-order valence-electron chi connectivity index (χ4n) is 4.08. The summed E-state index contributed by atoms with van der Waals surface area (Å²) in [5.41, 5.74) is 8.32. The summed E-state index contributed by atoms with van der Waals surface area (Å²) in [6, 6.07) is 20.3. The van der Waals surface area contributed by atoms with Crippen LogP contribution in [0.2, 0.25) is 0 Å². The lowest BCUT2D eigenvalue weighted by Crippen LogP contribution is -2.24. The van der Waals surface area contributed by atoms with Gasteiger partial charge >= 0.3 is 5.97 Å². The lowest BCUT2D eigenvalue weighted by atomic mass is 9.99. The molecule has 184 valence electrons. The fourth-order valence-corrected chi connectivity index (χ4v) is 4.08. The van der Waals surface area contributed by atoms with E-state index in [4.69, 9.17) is 20.3 Å². The van der Waals surface area contributed by atoms with E-state index in [1.165, 1.54) is 6.07 Å². The number of aromatic nitrogens is 2. The van der Waals surface area contributed by atoms with Gasteiger partial charge in [0.2, 0.25) is 0 Å². The molecule has 1 amide bonds. The van der Waals surface area contributed by atoms with Gasteiger partial charge in [-0.3, -0.25) is 9.59 Å². The Labute approximate surface area is 207 Å². The van der Waals surface area contributed by atoms with Gasteiger partial charge in [-0.1, -0.05) is 55.5 Å². The van der Waals surface area contributed by atoms with Crippen molar-refractivity contribution in [1.29, 1.82) is 0 Å². The predicted octanol–water partition coefficient (Wildman–Crippen LogP) is 3.20. The quantitative estimate of drug-likeness (QED) is 0.245. The number of carboxylic acid groups (broad SMARTS) is 1. The molecule has 0 atom stereocenters. The number of nitrogens with two attached hydrogens (primary N) is 1. The van der Waals surface area contributed by atoms with Gasteiger partial charge in [0.25, 0.3) is 11.7 Å². The van der Waals surface area contributed by atoms with Gasteiger partial charge in [-0.2, -0.15) is 5.10 Å². The van der Waals surface area contributed by atoms with Crippen molar-refractivity contribution in [3.8, 4) is 11.5 Å². The molecule has 0 fully saturated rings. The van der Waals surface area contributed by atoms with Crippen molar-refractivity contribution in [3.05, 3.63) is 94.8 Å². The molecule has 0 spiro atoms. The van der Waals surface area contributed by atoms with E-state index >= 15 is 0 Å². The van der Waals surface area contributed by atoms with Crippen LogP contribution in [0.15, 0.2) is 66.7 Å². The Bertz CT molecular complexity index is 1410. The van der Waals surface area contributed by atoms with Gasteiger partial charge in [-0.05, 0) is 29.7 Å². The topological polar surface area (TPSA) is 133 Å². The van der Waals surface area contributed by atoms with Gasteiger partial charge in [0.15, 0.2) is 6.61 Å². The molecule has 2 heterocycles. The molecule has 3 N–H and O–H groups in total. The molecule has 0 unspecified atom stereocenters. The first-order chi connectivity index (χ1) is 17.4. The van der Waals surface area contributed by atoms with Crippen LogP contribution in [-0.2, 0) is 29.0 Å². The number of para-hydroxylation sites is 1. The molecule has 0 aliphatic carbocycles. The van der Waals surface area contributed by atoms with E-state index in [0.717, 1.165) is 5.56 Å². The standard InChI is InChI=1S/C27H25N3O6/c1-2-20-21(13-17-9-5-3-6-10-17)30-25(24(20)26(33)27(28)34)22(36-16-23(31)32)14-18(29-30)15-35-19-11-7-4-8-12-19/h3-12,14H,2,13,15-16H2,1H3,(H2,28,34)(H,31,32). The zero-order valence-electron chi connectivity index (χ0n) is 19.6. The number of Topliss-reactive ketones (excluding diaryl/α,β-unsaturated/α-hetero) is 1. The Kier molecular flexibility index (Phi) is 7.29. The first-order valence-corrected chi connectivity index (χ1v) is 11.4. The van der Waals surface area contributed by atoms with Crippen LogP contribution in [0.1, 0.15) is 39.8 Å². The summed E-state index contributed by atoms with van der Waals surface area (Å²) < 4.78 is 13.0. The normalized spacial score (nSPS) is 10.8. The summed E-state index contributed by atoms with van der Waals surface area (Å²) in [7, 11) is 0. The van der Waals surface area contributed by atoms with Crippen LogP contribution in [0.5, 0.6) is 11.5 Å². The third-order valence-corrected chi connectivity index (χ3v) is 5.61. The number of ether oxygens (including phenoxy) is 2. The average Bonchev–Trinajstić information content (AvgIpc) is 3.19. The minimum absolute atomic E-state index is 0.0624. The van der Waals surface area contributed by atoms with Crippen molar-refractivity contribution in [2.24, 2.45) is 5.73 Å². The van der Waals surface area contributed by atoms with Crippen LogP contribution in [0, 0.1) is 0 Å². The zero-order chi connectivity index (χ0) is 25.7. The highest BCUT2D eigenvalue weighted by Gasteiger charge is 2.29. The van der Waals surface area contributed by atoms with E-state index in [2.05, 4.69) is 0 Å². The number of amides is 1. The lowest BCUT2D eigenvalue weighted by Gasteiger charge is -2.12. The molecule has 0 bridgehead atoms. The minimum atomic E-state index is -1.19. The van der Waals surface area contributed by atoms with Gasteiger partial charge in [0, 0.05) is 12.5 Å². The Morgan fingerprint density at radius 3 is 2.28 bits per heavy atom. The minimum Gasteiger partial charge on any atom is -0.487 e. The van der Waals surface area contributed by atoms with Crippen molar-refractivity contribution in [2.45, 2.75) is 26.4 Å². The smallest absolute Gasteiger partial charge is 0.341 e. The van der Waals surface area contributed by atoms with Crippen LogP contribution >= 0.6 is 0 Å². The number of rotatable bonds is 11. The average molecular weight is 488 g/mol. The van der Waals surface area contributed by atoms with Gasteiger partial charge < -0.3 is 20.3 Å². The summed E-state index contributed by atoms with van der Waals surface area (Å²) in [5, 5.41) is 13.9. The molecule has 36 heavy (non-hydrogen) atoms. The molecule has 4 aromatic rings. The number of carbonyl (C=O) groups is 3. The lowest BCUT2D eigenvalue weighted by molar-refractivity contribution is -0.139. The van der Waals surface area contributed by atoms with E-state index in [0.29, 0.717) is 35.5 Å². The van der Waals surface area contributed by atoms with E-state index in [-0.39, 0.29) is 23.4 Å². The highest BCUT2D eigenvalue weighted by molar-refractivity contribution is 6.44. The molecule has 9 nitrogen and oxygen atoms in total. The predicted molar refractivity (Wildman–Crippen MR) is 131 cm³/mol. The van der Waals surface area contributed by atoms with E-state index in [1.807, 2.05) is 55.5 Å². The van der Waals surface area contributed by atoms with Crippen LogP contribution < -0.4 is 15.2 Å². The number of primary amides is 1. The number of carboxylic acids is 1. The van der Waals surface area contributed by atoms with Gasteiger partial charge in [0.1, 0.15) is 29.3 Å². The first-order valence-electron chi connectivity index (χ1n) is 11.4. The Morgan fingerprint density at radius 2 is 1.67 bits per heavy atom. The molecule has 0 saturated carbocycles. The summed E-state index contributed by atoms with van der Waals surface area (Å²) in [6.07, 6.45) is 0.819. The molecule has 4 rings (SSSR count). The highest BCUT2D eigenvalue weighted by Crippen LogP contribution is 2.33. The fraction of sp³-hybridized carbons (Fsp3) is 0.185. The van der Waals surface area contributed by atoms with Crippen molar-refractivity contribution in [1.82, 2.24) is 9.61 Å². The van der Waals surface area contributed by atoms with Crippen molar-refractivity contribution in [3.63, 3.8) is 0 Å². The molecule has 2 aromatic carbocycles. The third kappa shape index (κ3) is 5.20. The molecule has 0 saturated heterocycles. The summed E-state index contributed by atoms with van der Waals surface area (Å²) >= 11 is 0. The summed E-state index contributed by atoms with van der Waals surface area (Å²) in [6.45, 7) is 1.27. The molecule has 0 radical (unpaired) electrons. The number of carbonyl (C=O) groups excluding carboxylic acids is 2. The zero-order valence-corrected chi connectivity index (χ0v) is 19.6.